The number of likely N-dealkylation sites (N-methyl/N-ethyl adjacent to an activating group) is 1. The first-order valence-electron chi connectivity index (χ1n) is 38.0. The van der Waals surface area contributed by atoms with E-state index in [4.69, 9.17) is 18.9 Å². The van der Waals surface area contributed by atoms with Crippen LogP contribution in [0.25, 0.3) is 0 Å². The summed E-state index contributed by atoms with van der Waals surface area (Å²) in [6, 6.07) is 0. The maximum absolute atomic E-state index is 13.0. The number of carboxylic acids is 1. The smallest absolute Gasteiger partial charge is 0.306 e. The van der Waals surface area contributed by atoms with Gasteiger partial charge in [-0.3, -0.25) is 9.59 Å². The Kier molecular flexibility index (Phi) is 69.2. The number of aliphatic carboxylic acids is 1. The number of ether oxygens (including phenoxy) is 4. The lowest BCUT2D eigenvalue weighted by molar-refractivity contribution is -0.870. The second-order valence-corrected chi connectivity index (χ2v) is 26.2. The first-order valence-corrected chi connectivity index (χ1v) is 38.0. The Morgan fingerprint density at radius 3 is 0.860 bits per heavy atom. The molecule has 0 aliphatic heterocycles. The van der Waals surface area contributed by atoms with E-state index in [-0.39, 0.29) is 38.6 Å². The summed E-state index contributed by atoms with van der Waals surface area (Å²) in [7, 11) is 5.93. The lowest BCUT2D eigenvalue weighted by Crippen LogP contribution is -2.44. The summed E-state index contributed by atoms with van der Waals surface area (Å²) in [4.78, 5) is 37.6. The second kappa shape index (κ2) is 73.0. The zero-order valence-electron chi connectivity index (χ0n) is 60.6. The fourth-order valence-electron chi connectivity index (χ4n) is 10.4. The molecule has 9 nitrogen and oxygen atoms in total. The molecule has 93 heavy (non-hydrogen) atoms. The first-order chi connectivity index (χ1) is 45.6. The van der Waals surface area contributed by atoms with Crippen LogP contribution in [0.5, 0.6) is 0 Å². The van der Waals surface area contributed by atoms with E-state index in [2.05, 4.69) is 160 Å². The van der Waals surface area contributed by atoms with Crippen LogP contribution >= 0.6 is 0 Å². The predicted octanol–water partition coefficient (Wildman–Crippen LogP) is 22.9. The number of esters is 2. The molecular formula is C84H141NO8. The van der Waals surface area contributed by atoms with Gasteiger partial charge in [0.2, 0.25) is 0 Å². The van der Waals surface area contributed by atoms with Crippen molar-refractivity contribution in [2.45, 2.75) is 322 Å². The van der Waals surface area contributed by atoms with Crippen molar-refractivity contribution < 1.29 is 42.9 Å². The molecule has 0 saturated carbocycles. The van der Waals surface area contributed by atoms with E-state index in [1.807, 2.05) is 21.1 Å². The standard InChI is InChI=1S/C84H141NO8/c1-6-8-10-12-14-16-18-20-22-24-26-28-30-32-34-35-36-37-38-39-40-41-42-43-44-45-46-47-49-51-53-55-57-59-61-63-65-67-69-71-73-75-82(87)93-80(79-92-84(83(88)89)90-77-76-85(3,4)5)78-91-81(86)74-72-70-68-66-64-62-60-58-56-54-52-50-48-33-31-29-27-25-23-21-19-17-15-13-11-9-7-2/h8-11,14-17,20-23,26-29,32,34,36-37,39-40,42-43,80,84H,6-7,12-13,18-19,24-25,30-31,33,35,38,41,44-79H2,1-5H3/b10-8-,11-9-,16-14-,17-15-,22-20-,23-21-,28-26-,29-27-,34-32-,37-36-,40-39-,43-42-. The third kappa shape index (κ3) is 74.4. The maximum Gasteiger partial charge on any atom is 0.306 e. The molecule has 0 rings (SSSR count). The molecule has 0 N–H and O–H groups in total. The molecule has 0 aromatic heterocycles. The maximum atomic E-state index is 13.0. The number of quaternary nitrogens is 1. The van der Waals surface area contributed by atoms with Gasteiger partial charge < -0.3 is 33.3 Å². The lowest BCUT2D eigenvalue weighted by Gasteiger charge is -2.26. The largest absolute Gasteiger partial charge is 0.545 e. The molecule has 0 aliphatic carbocycles. The molecule has 0 aromatic carbocycles. The molecule has 2 unspecified atom stereocenters. The zero-order valence-corrected chi connectivity index (χ0v) is 60.6. The molecule has 0 radical (unpaired) electrons. The van der Waals surface area contributed by atoms with Gasteiger partial charge in [0, 0.05) is 12.8 Å². The summed E-state index contributed by atoms with van der Waals surface area (Å²) in [5, 5.41) is 11.8. The van der Waals surface area contributed by atoms with E-state index in [0.29, 0.717) is 17.4 Å². The van der Waals surface area contributed by atoms with Gasteiger partial charge in [-0.2, -0.15) is 0 Å². The number of hydrogen-bond acceptors (Lipinski definition) is 8. The minimum Gasteiger partial charge on any atom is -0.545 e. The van der Waals surface area contributed by atoms with Crippen molar-refractivity contribution in [3.63, 3.8) is 0 Å². The molecule has 0 bridgehead atoms. The SMILES string of the molecule is CC/C=C\C/C=C\C/C=C\C/C=C\C/C=C\C/C=C\C/C=C\C/C=C\CCCCCCCCCCCCCCCCCCC(=O)OC(COC(=O)CCCCCCCCCCCCCCCC/C=C\C/C=C\C/C=C\C/C=C\CC)COC(OCC[N+](C)(C)C)C(=O)[O-]. The van der Waals surface area contributed by atoms with Gasteiger partial charge in [-0.15, -0.1) is 0 Å². The summed E-state index contributed by atoms with van der Waals surface area (Å²) in [5.41, 5.74) is 0. The molecule has 0 saturated heterocycles. The average molecular weight is 1290 g/mol. The van der Waals surface area contributed by atoms with Crippen molar-refractivity contribution in [1.82, 2.24) is 0 Å². The quantitative estimate of drug-likeness (QED) is 0.0195. The summed E-state index contributed by atoms with van der Waals surface area (Å²) in [5.74, 6) is -2.28. The third-order valence-electron chi connectivity index (χ3n) is 16.1. The van der Waals surface area contributed by atoms with Crippen molar-refractivity contribution >= 4 is 17.9 Å². The minimum absolute atomic E-state index is 0.143. The van der Waals surface area contributed by atoms with Gasteiger partial charge in [0.25, 0.3) is 0 Å². The van der Waals surface area contributed by atoms with Gasteiger partial charge in [0.15, 0.2) is 12.4 Å². The second-order valence-electron chi connectivity index (χ2n) is 26.2. The van der Waals surface area contributed by atoms with E-state index in [0.717, 1.165) is 116 Å². The normalized spacial score (nSPS) is 13.5. The van der Waals surface area contributed by atoms with E-state index >= 15 is 0 Å². The molecule has 0 amide bonds. The van der Waals surface area contributed by atoms with Crippen molar-refractivity contribution in [1.29, 1.82) is 0 Å². The highest BCUT2D eigenvalue weighted by molar-refractivity contribution is 5.70. The van der Waals surface area contributed by atoms with Crippen LogP contribution in [0.3, 0.4) is 0 Å². The van der Waals surface area contributed by atoms with E-state index in [1.165, 1.54) is 161 Å². The van der Waals surface area contributed by atoms with Gasteiger partial charge >= 0.3 is 11.9 Å². The number of carboxylic acid groups (broad SMARTS) is 1. The number of carbonyl (C=O) groups excluding carboxylic acids is 3. The Labute approximate surface area is 572 Å². The van der Waals surface area contributed by atoms with Crippen LogP contribution in [-0.2, 0) is 33.3 Å². The highest BCUT2D eigenvalue weighted by Crippen LogP contribution is 2.18. The Bertz CT molecular complexity index is 2040. The summed E-state index contributed by atoms with van der Waals surface area (Å²) >= 11 is 0. The molecule has 0 heterocycles. The van der Waals surface area contributed by atoms with E-state index < -0.39 is 24.3 Å². The Morgan fingerprint density at radius 1 is 0.323 bits per heavy atom. The summed E-state index contributed by atoms with van der Waals surface area (Å²) in [6.45, 7) is 4.54. The minimum atomic E-state index is -1.63. The molecule has 0 aromatic rings. The molecule has 0 spiro atoms. The van der Waals surface area contributed by atoms with Crippen molar-refractivity contribution in [3.05, 3.63) is 146 Å². The number of unbranched alkanes of at least 4 members (excludes halogenated alkanes) is 30. The Morgan fingerprint density at radius 2 is 0.581 bits per heavy atom. The van der Waals surface area contributed by atoms with Gasteiger partial charge in [-0.1, -0.05) is 327 Å². The van der Waals surface area contributed by atoms with Gasteiger partial charge in [-0.25, -0.2) is 0 Å². The fraction of sp³-hybridized carbons (Fsp3) is 0.679. The van der Waals surface area contributed by atoms with Crippen molar-refractivity contribution in [3.8, 4) is 0 Å². The zero-order chi connectivity index (χ0) is 67.5. The van der Waals surface area contributed by atoms with Gasteiger partial charge in [0.1, 0.15) is 13.2 Å². The van der Waals surface area contributed by atoms with Crippen molar-refractivity contribution in [2.75, 3.05) is 47.5 Å². The molecule has 0 fully saturated rings. The molecule has 0 aliphatic rings. The van der Waals surface area contributed by atoms with Crippen LogP contribution in [0, 0.1) is 0 Å². The first kappa shape index (κ1) is 88.2. The molecule has 9 heteroatoms. The number of rotatable bonds is 69. The molecular weight excluding hydrogens is 1150 g/mol. The number of nitrogens with zero attached hydrogens (tertiary/aromatic N) is 1. The number of carbonyl (C=O) groups is 3. The van der Waals surface area contributed by atoms with E-state index in [1.54, 1.807) is 0 Å². The number of hydrogen-bond donors (Lipinski definition) is 0. The van der Waals surface area contributed by atoms with Crippen LogP contribution in [0.15, 0.2) is 146 Å². The third-order valence-corrected chi connectivity index (χ3v) is 16.1. The highest BCUT2D eigenvalue weighted by atomic mass is 16.7. The fourth-order valence-corrected chi connectivity index (χ4v) is 10.4. The number of allylic oxidation sites excluding steroid dienone is 24. The van der Waals surface area contributed by atoms with Crippen molar-refractivity contribution in [2.24, 2.45) is 0 Å². The summed E-state index contributed by atoms with van der Waals surface area (Å²) < 4.78 is 22.8. The topological polar surface area (TPSA) is 111 Å². The van der Waals surface area contributed by atoms with Crippen LogP contribution in [0.1, 0.15) is 309 Å². The predicted molar refractivity (Wildman–Crippen MR) is 398 cm³/mol. The van der Waals surface area contributed by atoms with Crippen LogP contribution in [0.4, 0.5) is 0 Å². The van der Waals surface area contributed by atoms with Gasteiger partial charge in [0.05, 0.1) is 40.3 Å². The van der Waals surface area contributed by atoms with Crippen LogP contribution in [0.2, 0.25) is 0 Å². The molecule has 2 atom stereocenters. The van der Waals surface area contributed by atoms with Crippen LogP contribution in [-0.4, -0.2) is 82.3 Å². The monoisotopic (exact) mass is 1290 g/mol. The average Bonchev–Trinajstić information content (AvgIpc) is 3.38. The molecule has 530 valence electrons. The summed E-state index contributed by atoms with van der Waals surface area (Å²) in [6.07, 6.45) is 104. The highest BCUT2D eigenvalue weighted by Gasteiger charge is 2.22. The lowest BCUT2D eigenvalue weighted by atomic mass is 10.0. The van der Waals surface area contributed by atoms with Crippen LogP contribution < -0.4 is 5.11 Å². The van der Waals surface area contributed by atoms with E-state index in [9.17, 15) is 19.5 Å². The Hall–Kier alpha value is -4.83. The van der Waals surface area contributed by atoms with Gasteiger partial charge in [-0.05, 0) is 116 Å². The Balaban J connectivity index is 4.06.